The molecule has 5 nitrogen and oxygen atoms in total. The second-order valence-electron chi connectivity index (χ2n) is 10.4. The first kappa shape index (κ1) is 26.5. The lowest BCUT2D eigenvalue weighted by atomic mass is 9.91. The zero-order valence-electron chi connectivity index (χ0n) is 23.5. The molecule has 0 spiro atoms. The SMILES string of the molecule is N#Cc1cc(C#N)cc(-c2cc(-c3ccc(-c4nc(-c5ccccc5)nc(-c5ccccc5)n4)cc3)cc3ccccc23)c1. The molecule has 0 bridgehead atoms. The van der Waals surface area contributed by atoms with E-state index in [0.717, 1.165) is 49.7 Å². The third-order valence-corrected chi connectivity index (χ3v) is 7.54. The fraction of sp³-hybridized carbons (Fsp3) is 0. The van der Waals surface area contributed by atoms with Crippen molar-refractivity contribution < 1.29 is 0 Å². The van der Waals surface area contributed by atoms with E-state index in [9.17, 15) is 10.5 Å². The highest BCUT2D eigenvalue weighted by Crippen LogP contribution is 2.36. The van der Waals surface area contributed by atoms with E-state index in [1.54, 1.807) is 6.07 Å². The molecular formula is C39H23N5. The Hall–Kier alpha value is -6.43. The highest BCUT2D eigenvalue weighted by Gasteiger charge is 2.14. The second-order valence-corrected chi connectivity index (χ2v) is 10.4. The van der Waals surface area contributed by atoms with E-state index in [1.165, 1.54) is 0 Å². The van der Waals surface area contributed by atoms with Gasteiger partial charge < -0.3 is 0 Å². The van der Waals surface area contributed by atoms with E-state index in [1.807, 2.05) is 97.1 Å². The summed E-state index contributed by atoms with van der Waals surface area (Å²) in [6.07, 6.45) is 0. The second kappa shape index (κ2) is 11.4. The molecule has 1 aromatic heterocycles. The molecule has 204 valence electrons. The van der Waals surface area contributed by atoms with E-state index in [4.69, 9.17) is 15.0 Å². The van der Waals surface area contributed by atoms with Gasteiger partial charge in [0.1, 0.15) is 0 Å². The Morgan fingerprint density at radius 1 is 0.386 bits per heavy atom. The van der Waals surface area contributed by atoms with E-state index in [-0.39, 0.29) is 0 Å². The first-order chi connectivity index (χ1) is 21.7. The van der Waals surface area contributed by atoms with Crippen molar-refractivity contribution in [2.45, 2.75) is 0 Å². The number of hydrogen-bond donors (Lipinski definition) is 0. The zero-order valence-corrected chi connectivity index (χ0v) is 23.5. The molecule has 0 atom stereocenters. The van der Waals surface area contributed by atoms with Crippen molar-refractivity contribution in [2.75, 3.05) is 0 Å². The number of fused-ring (bicyclic) bond motifs is 1. The number of nitriles is 2. The van der Waals surface area contributed by atoms with Crippen LogP contribution < -0.4 is 0 Å². The number of nitrogens with zero attached hydrogens (tertiary/aromatic N) is 5. The van der Waals surface area contributed by atoms with Gasteiger partial charge in [-0.3, -0.25) is 0 Å². The Morgan fingerprint density at radius 2 is 0.864 bits per heavy atom. The molecule has 0 saturated carbocycles. The van der Waals surface area contributed by atoms with Crippen molar-refractivity contribution in [1.29, 1.82) is 10.5 Å². The third-order valence-electron chi connectivity index (χ3n) is 7.54. The van der Waals surface area contributed by atoms with Gasteiger partial charge in [-0.25, -0.2) is 15.0 Å². The van der Waals surface area contributed by atoms with Crippen molar-refractivity contribution in [3.63, 3.8) is 0 Å². The molecule has 0 amide bonds. The lowest BCUT2D eigenvalue weighted by Crippen LogP contribution is -2.00. The number of rotatable bonds is 5. The van der Waals surface area contributed by atoms with Crippen molar-refractivity contribution in [2.24, 2.45) is 0 Å². The monoisotopic (exact) mass is 561 g/mol. The van der Waals surface area contributed by atoms with Crippen LogP contribution in [0.15, 0.2) is 140 Å². The molecule has 0 fully saturated rings. The summed E-state index contributed by atoms with van der Waals surface area (Å²) in [5.74, 6) is 1.84. The van der Waals surface area contributed by atoms with Gasteiger partial charge in [0.25, 0.3) is 0 Å². The molecule has 7 rings (SSSR count). The van der Waals surface area contributed by atoms with E-state index >= 15 is 0 Å². The van der Waals surface area contributed by atoms with Crippen LogP contribution in [0, 0.1) is 22.7 Å². The van der Waals surface area contributed by atoms with Gasteiger partial charge in [-0.1, -0.05) is 109 Å². The summed E-state index contributed by atoms with van der Waals surface area (Å²) >= 11 is 0. The molecule has 1 heterocycles. The average molecular weight is 562 g/mol. The molecule has 0 unspecified atom stereocenters. The molecule has 0 aliphatic heterocycles. The van der Waals surface area contributed by atoms with Gasteiger partial charge in [-0.2, -0.15) is 10.5 Å². The van der Waals surface area contributed by atoms with Crippen LogP contribution in [-0.4, -0.2) is 15.0 Å². The first-order valence-electron chi connectivity index (χ1n) is 14.1. The summed E-state index contributed by atoms with van der Waals surface area (Å²) in [6, 6.07) is 50.2. The van der Waals surface area contributed by atoms with Crippen molar-refractivity contribution in [3.8, 4) is 68.6 Å². The molecule has 0 aliphatic rings. The minimum atomic E-state index is 0.458. The lowest BCUT2D eigenvalue weighted by Gasteiger charge is -2.13. The maximum Gasteiger partial charge on any atom is 0.164 e. The highest BCUT2D eigenvalue weighted by atomic mass is 15.0. The van der Waals surface area contributed by atoms with E-state index in [2.05, 4.69) is 48.5 Å². The van der Waals surface area contributed by atoms with Crippen LogP contribution in [0.4, 0.5) is 0 Å². The minimum Gasteiger partial charge on any atom is -0.208 e. The lowest BCUT2D eigenvalue weighted by molar-refractivity contribution is 1.07. The van der Waals surface area contributed by atoms with Crippen LogP contribution in [0.5, 0.6) is 0 Å². The summed E-state index contributed by atoms with van der Waals surface area (Å²) < 4.78 is 0. The van der Waals surface area contributed by atoms with Crippen LogP contribution in [0.25, 0.3) is 67.2 Å². The van der Waals surface area contributed by atoms with Gasteiger partial charge in [0.05, 0.1) is 23.3 Å². The normalized spacial score (nSPS) is 10.7. The quantitative estimate of drug-likeness (QED) is 0.209. The molecular weight excluding hydrogens is 538 g/mol. The van der Waals surface area contributed by atoms with Crippen molar-refractivity contribution in [1.82, 2.24) is 15.0 Å². The predicted octanol–water partition coefficient (Wildman–Crippen LogP) is 9.10. The molecule has 0 radical (unpaired) electrons. The summed E-state index contributed by atoms with van der Waals surface area (Å²) in [5, 5.41) is 21.3. The van der Waals surface area contributed by atoms with Gasteiger partial charge >= 0.3 is 0 Å². The fourth-order valence-electron chi connectivity index (χ4n) is 5.38. The molecule has 6 aromatic carbocycles. The van der Waals surface area contributed by atoms with Crippen LogP contribution >= 0.6 is 0 Å². The van der Waals surface area contributed by atoms with E-state index < -0.39 is 0 Å². The summed E-state index contributed by atoms with van der Waals surface area (Å²) in [7, 11) is 0. The van der Waals surface area contributed by atoms with Gasteiger partial charge in [0.15, 0.2) is 17.5 Å². The Balaban J connectivity index is 1.33. The van der Waals surface area contributed by atoms with Crippen LogP contribution in [-0.2, 0) is 0 Å². The predicted molar refractivity (Wildman–Crippen MR) is 174 cm³/mol. The van der Waals surface area contributed by atoms with Crippen LogP contribution in [0.2, 0.25) is 0 Å². The minimum absolute atomic E-state index is 0.458. The summed E-state index contributed by atoms with van der Waals surface area (Å²) in [4.78, 5) is 14.5. The van der Waals surface area contributed by atoms with Gasteiger partial charge in [-0.15, -0.1) is 0 Å². The number of benzene rings is 6. The fourth-order valence-corrected chi connectivity index (χ4v) is 5.38. The Bertz CT molecular complexity index is 2140. The molecule has 7 aromatic rings. The number of hydrogen-bond acceptors (Lipinski definition) is 5. The Morgan fingerprint density at radius 3 is 1.41 bits per heavy atom. The van der Waals surface area contributed by atoms with Gasteiger partial charge in [-0.05, 0) is 63.4 Å². The Labute approximate surface area is 255 Å². The maximum absolute atomic E-state index is 9.58. The number of aromatic nitrogens is 3. The molecule has 0 aliphatic carbocycles. The highest BCUT2D eigenvalue weighted by molar-refractivity contribution is 6.00. The molecule has 0 saturated heterocycles. The summed E-state index contributed by atoms with van der Waals surface area (Å²) in [6.45, 7) is 0. The standard InChI is InChI=1S/C39H23N5/c40-24-26-19-27(25-41)21-34(20-26)36-23-33(22-32-13-7-8-14-35(32)36)28-15-17-31(18-16-28)39-43-37(29-9-3-1-4-10-29)42-38(44-39)30-11-5-2-6-12-30/h1-23H. The van der Waals surface area contributed by atoms with Crippen LogP contribution in [0.3, 0.4) is 0 Å². The Kier molecular flexibility index (Phi) is 6.89. The smallest absolute Gasteiger partial charge is 0.164 e. The maximum atomic E-state index is 9.58. The topological polar surface area (TPSA) is 86.2 Å². The third kappa shape index (κ3) is 5.18. The van der Waals surface area contributed by atoms with Crippen molar-refractivity contribution in [3.05, 3.63) is 151 Å². The largest absolute Gasteiger partial charge is 0.208 e. The van der Waals surface area contributed by atoms with E-state index in [0.29, 0.717) is 28.6 Å². The zero-order chi connectivity index (χ0) is 29.9. The molecule has 0 N–H and O–H groups in total. The first-order valence-corrected chi connectivity index (χ1v) is 14.1. The van der Waals surface area contributed by atoms with Crippen molar-refractivity contribution >= 4 is 10.8 Å². The van der Waals surface area contributed by atoms with Crippen LogP contribution in [0.1, 0.15) is 11.1 Å². The average Bonchev–Trinajstić information content (AvgIpc) is 3.11. The summed E-state index contributed by atoms with van der Waals surface area (Å²) in [5.41, 5.74) is 7.50. The molecule has 5 heteroatoms. The van der Waals surface area contributed by atoms with Gasteiger partial charge in [0, 0.05) is 16.7 Å². The molecule has 44 heavy (non-hydrogen) atoms. The van der Waals surface area contributed by atoms with Gasteiger partial charge in [0.2, 0.25) is 0 Å².